The van der Waals surface area contributed by atoms with Crippen LogP contribution in [-0.4, -0.2) is 4.98 Å². The van der Waals surface area contributed by atoms with Gasteiger partial charge in [0.1, 0.15) is 0 Å². The quantitative estimate of drug-likeness (QED) is 0.223. The highest BCUT2D eigenvalue weighted by Crippen LogP contribution is 2.14. The van der Waals surface area contributed by atoms with Gasteiger partial charge < -0.3 is 4.98 Å². The first-order chi connectivity index (χ1) is 12.9. The Morgan fingerprint density at radius 3 is 1.27 bits per heavy atom. The lowest BCUT2D eigenvalue weighted by molar-refractivity contribution is 0.523. The summed E-state index contributed by atoms with van der Waals surface area (Å²) in [6.07, 6.45) is 30.9. The molecular formula is C25H47N. The molecule has 0 bridgehead atoms. The standard InChI is InChI=1S/C25H47N/c1-2-3-4-5-6-7-8-9-10-11-12-13-14-15-16-17-18-19-20-22-25-23-21-24-26-25/h21,23-24,26H,2-20,22H2,1H3. The molecule has 0 unspecified atom stereocenters. The monoisotopic (exact) mass is 361 g/mol. The van der Waals surface area contributed by atoms with Crippen molar-refractivity contribution in [3.05, 3.63) is 24.0 Å². The Labute approximate surface area is 164 Å². The average molecular weight is 362 g/mol. The van der Waals surface area contributed by atoms with Crippen LogP contribution in [0.25, 0.3) is 0 Å². The van der Waals surface area contributed by atoms with Crippen molar-refractivity contribution < 1.29 is 0 Å². The van der Waals surface area contributed by atoms with E-state index in [0.29, 0.717) is 0 Å². The lowest BCUT2D eigenvalue weighted by Crippen LogP contribution is -1.86. The first-order valence-corrected chi connectivity index (χ1v) is 12.1. The van der Waals surface area contributed by atoms with Crippen molar-refractivity contribution in [3.8, 4) is 0 Å². The van der Waals surface area contributed by atoms with Gasteiger partial charge in [-0.3, -0.25) is 0 Å². The van der Waals surface area contributed by atoms with E-state index in [1.54, 1.807) is 0 Å². The van der Waals surface area contributed by atoms with Crippen molar-refractivity contribution in [1.29, 1.82) is 0 Å². The maximum Gasteiger partial charge on any atom is 0.0147 e. The number of hydrogen-bond donors (Lipinski definition) is 1. The summed E-state index contributed by atoms with van der Waals surface area (Å²) in [7, 11) is 0. The van der Waals surface area contributed by atoms with Crippen molar-refractivity contribution >= 4 is 0 Å². The lowest BCUT2D eigenvalue weighted by atomic mass is 10.0. The minimum atomic E-state index is 1.23. The first kappa shape index (κ1) is 23.3. The third kappa shape index (κ3) is 15.5. The van der Waals surface area contributed by atoms with Crippen molar-refractivity contribution in [1.82, 2.24) is 4.98 Å². The normalized spacial score (nSPS) is 11.3. The molecule has 0 aliphatic carbocycles. The minimum absolute atomic E-state index is 1.23. The molecule has 1 heterocycles. The van der Waals surface area contributed by atoms with Crippen LogP contribution in [-0.2, 0) is 6.42 Å². The van der Waals surface area contributed by atoms with Gasteiger partial charge in [-0.25, -0.2) is 0 Å². The Morgan fingerprint density at radius 2 is 0.923 bits per heavy atom. The Bertz CT molecular complexity index is 354. The fourth-order valence-electron chi connectivity index (χ4n) is 3.92. The van der Waals surface area contributed by atoms with Crippen LogP contribution in [0, 0.1) is 0 Å². The third-order valence-corrected chi connectivity index (χ3v) is 5.71. The van der Waals surface area contributed by atoms with E-state index in [9.17, 15) is 0 Å². The zero-order valence-corrected chi connectivity index (χ0v) is 17.9. The van der Waals surface area contributed by atoms with Crippen LogP contribution in [0.5, 0.6) is 0 Å². The van der Waals surface area contributed by atoms with E-state index in [4.69, 9.17) is 0 Å². The van der Waals surface area contributed by atoms with Gasteiger partial charge in [0.15, 0.2) is 0 Å². The van der Waals surface area contributed by atoms with Gasteiger partial charge in [0.2, 0.25) is 0 Å². The number of hydrogen-bond acceptors (Lipinski definition) is 0. The Balaban J connectivity index is 1.65. The molecule has 0 aromatic carbocycles. The lowest BCUT2D eigenvalue weighted by Gasteiger charge is -2.04. The molecule has 0 aliphatic rings. The van der Waals surface area contributed by atoms with Crippen LogP contribution in [0.15, 0.2) is 18.3 Å². The fraction of sp³-hybridized carbons (Fsp3) is 0.840. The second-order valence-corrected chi connectivity index (χ2v) is 8.31. The molecule has 152 valence electrons. The second-order valence-electron chi connectivity index (χ2n) is 8.31. The van der Waals surface area contributed by atoms with E-state index in [1.165, 1.54) is 134 Å². The smallest absolute Gasteiger partial charge is 0.0147 e. The minimum Gasteiger partial charge on any atom is -0.365 e. The van der Waals surface area contributed by atoms with Gasteiger partial charge in [0, 0.05) is 11.9 Å². The molecule has 0 atom stereocenters. The fourth-order valence-corrected chi connectivity index (χ4v) is 3.92. The maximum atomic E-state index is 3.30. The largest absolute Gasteiger partial charge is 0.365 e. The molecule has 1 rings (SSSR count). The summed E-state index contributed by atoms with van der Waals surface area (Å²) < 4.78 is 0. The second kappa shape index (κ2) is 19.1. The number of unbranched alkanes of at least 4 members (excludes halogenated alkanes) is 18. The summed E-state index contributed by atoms with van der Waals surface area (Å²) in [6.45, 7) is 2.30. The number of aromatic nitrogens is 1. The van der Waals surface area contributed by atoms with E-state index >= 15 is 0 Å². The number of nitrogens with one attached hydrogen (secondary N) is 1. The van der Waals surface area contributed by atoms with Gasteiger partial charge in [-0.15, -0.1) is 0 Å². The van der Waals surface area contributed by atoms with E-state index in [-0.39, 0.29) is 0 Å². The summed E-state index contributed by atoms with van der Waals surface area (Å²) in [6, 6.07) is 4.31. The van der Waals surface area contributed by atoms with Crippen LogP contribution in [0.3, 0.4) is 0 Å². The Kier molecular flexibility index (Phi) is 17.1. The molecule has 0 saturated carbocycles. The molecule has 26 heavy (non-hydrogen) atoms. The van der Waals surface area contributed by atoms with Gasteiger partial charge in [0.25, 0.3) is 0 Å². The summed E-state index contributed by atoms with van der Waals surface area (Å²) in [5.41, 5.74) is 1.40. The summed E-state index contributed by atoms with van der Waals surface area (Å²) in [4.78, 5) is 3.30. The molecule has 1 nitrogen and oxygen atoms in total. The van der Waals surface area contributed by atoms with E-state index in [0.717, 1.165) is 0 Å². The average Bonchev–Trinajstić information content (AvgIpc) is 3.17. The van der Waals surface area contributed by atoms with E-state index < -0.39 is 0 Å². The third-order valence-electron chi connectivity index (χ3n) is 5.71. The van der Waals surface area contributed by atoms with Gasteiger partial charge in [0.05, 0.1) is 0 Å². The summed E-state index contributed by atoms with van der Waals surface area (Å²) >= 11 is 0. The molecule has 1 aromatic rings. The van der Waals surface area contributed by atoms with Gasteiger partial charge >= 0.3 is 0 Å². The highest BCUT2D eigenvalue weighted by molar-refractivity contribution is 5.03. The topological polar surface area (TPSA) is 15.8 Å². The number of aromatic amines is 1. The van der Waals surface area contributed by atoms with Crippen LogP contribution < -0.4 is 0 Å². The van der Waals surface area contributed by atoms with Gasteiger partial charge in [-0.1, -0.05) is 122 Å². The molecule has 1 N–H and O–H groups in total. The summed E-state index contributed by atoms with van der Waals surface area (Å²) in [5, 5.41) is 0. The molecule has 0 spiro atoms. The van der Waals surface area contributed by atoms with Crippen LogP contribution in [0.1, 0.15) is 135 Å². The highest BCUT2D eigenvalue weighted by atomic mass is 14.7. The Hall–Kier alpha value is -0.720. The maximum absolute atomic E-state index is 3.30. The Morgan fingerprint density at radius 1 is 0.538 bits per heavy atom. The van der Waals surface area contributed by atoms with Gasteiger partial charge in [-0.2, -0.15) is 0 Å². The zero-order valence-electron chi connectivity index (χ0n) is 17.9. The van der Waals surface area contributed by atoms with Crippen LogP contribution in [0.2, 0.25) is 0 Å². The van der Waals surface area contributed by atoms with Crippen molar-refractivity contribution in [2.75, 3.05) is 0 Å². The highest BCUT2D eigenvalue weighted by Gasteiger charge is 1.96. The molecule has 0 saturated heterocycles. The molecule has 0 aliphatic heterocycles. The number of H-pyrrole nitrogens is 1. The predicted octanol–water partition coefficient (Wildman–Crippen LogP) is 8.99. The van der Waals surface area contributed by atoms with Crippen molar-refractivity contribution in [2.24, 2.45) is 0 Å². The van der Waals surface area contributed by atoms with Crippen LogP contribution >= 0.6 is 0 Å². The van der Waals surface area contributed by atoms with E-state index in [2.05, 4.69) is 24.0 Å². The first-order valence-electron chi connectivity index (χ1n) is 12.1. The van der Waals surface area contributed by atoms with Gasteiger partial charge in [-0.05, 0) is 25.0 Å². The SMILES string of the molecule is CCCCCCCCCCCCCCCCCCCCCc1ccc[nH]1. The number of aryl methyl sites for hydroxylation is 1. The predicted molar refractivity (Wildman–Crippen MR) is 118 cm³/mol. The van der Waals surface area contributed by atoms with Crippen molar-refractivity contribution in [3.63, 3.8) is 0 Å². The molecule has 0 radical (unpaired) electrons. The summed E-state index contributed by atoms with van der Waals surface area (Å²) in [5.74, 6) is 0. The number of rotatable bonds is 20. The molecule has 0 fully saturated rings. The zero-order chi connectivity index (χ0) is 18.5. The van der Waals surface area contributed by atoms with Crippen LogP contribution in [0.4, 0.5) is 0 Å². The molecule has 1 aromatic heterocycles. The van der Waals surface area contributed by atoms with Crippen molar-refractivity contribution in [2.45, 2.75) is 135 Å². The molecular weight excluding hydrogens is 314 g/mol. The van der Waals surface area contributed by atoms with E-state index in [1.807, 2.05) is 6.20 Å². The molecule has 1 heteroatoms. The molecule has 0 amide bonds.